The SMILES string of the molecule is Cc1ccc(CCNC(=O)Cn2nnnc2CN2C[C@@H](C)O[C@@H](C)C2)o1. The van der Waals surface area contributed by atoms with Gasteiger partial charge in [0.15, 0.2) is 5.82 Å². The molecule has 0 unspecified atom stereocenters. The normalized spacial score (nSPS) is 21.0. The monoisotopic (exact) mass is 362 g/mol. The molecule has 2 aromatic rings. The predicted octanol–water partition coefficient (Wildman–Crippen LogP) is 0.543. The average molecular weight is 362 g/mol. The van der Waals surface area contributed by atoms with Crippen LogP contribution < -0.4 is 5.32 Å². The molecule has 1 amide bonds. The first-order valence-corrected chi connectivity index (χ1v) is 8.94. The molecule has 3 heterocycles. The van der Waals surface area contributed by atoms with Crippen LogP contribution in [0.5, 0.6) is 0 Å². The third-order valence-corrected chi connectivity index (χ3v) is 4.25. The van der Waals surface area contributed by atoms with Crippen LogP contribution in [-0.4, -0.2) is 62.9 Å². The predicted molar refractivity (Wildman–Crippen MR) is 93.3 cm³/mol. The molecule has 0 aromatic carbocycles. The number of rotatable bonds is 7. The lowest BCUT2D eigenvalue weighted by Gasteiger charge is -2.34. The fourth-order valence-electron chi connectivity index (χ4n) is 3.21. The van der Waals surface area contributed by atoms with Crippen LogP contribution in [0.4, 0.5) is 0 Å². The Bertz CT molecular complexity index is 718. The Balaban J connectivity index is 1.47. The van der Waals surface area contributed by atoms with E-state index in [0.717, 1.165) is 24.6 Å². The fourth-order valence-corrected chi connectivity index (χ4v) is 3.21. The summed E-state index contributed by atoms with van der Waals surface area (Å²) in [6, 6.07) is 3.84. The summed E-state index contributed by atoms with van der Waals surface area (Å²) in [7, 11) is 0. The number of amides is 1. The number of hydrogen-bond donors (Lipinski definition) is 1. The summed E-state index contributed by atoms with van der Waals surface area (Å²) in [6.07, 6.45) is 1.01. The van der Waals surface area contributed by atoms with Gasteiger partial charge in [0.1, 0.15) is 18.1 Å². The highest BCUT2D eigenvalue weighted by Crippen LogP contribution is 2.13. The molecule has 9 nitrogen and oxygen atoms in total. The van der Waals surface area contributed by atoms with Gasteiger partial charge in [0.2, 0.25) is 5.91 Å². The minimum atomic E-state index is -0.120. The number of aromatic nitrogens is 4. The molecule has 142 valence electrons. The minimum absolute atomic E-state index is 0.106. The van der Waals surface area contributed by atoms with Gasteiger partial charge >= 0.3 is 0 Å². The van der Waals surface area contributed by atoms with Crippen LogP contribution in [0.3, 0.4) is 0 Å². The molecule has 1 saturated heterocycles. The number of morpholine rings is 1. The zero-order valence-corrected chi connectivity index (χ0v) is 15.5. The van der Waals surface area contributed by atoms with E-state index in [9.17, 15) is 4.79 Å². The highest BCUT2D eigenvalue weighted by molar-refractivity contribution is 5.75. The summed E-state index contributed by atoms with van der Waals surface area (Å²) in [4.78, 5) is 14.4. The number of hydrogen-bond acceptors (Lipinski definition) is 7. The lowest BCUT2D eigenvalue weighted by Crippen LogP contribution is -2.45. The molecule has 0 bridgehead atoms. The van der Waals surface area contributed by atoms with Crippen molar-refractivity contribution in [3.05, 3.63) is 29.5 Å². The zero-order chi connectivity index (χ0) is 18.5. The van der Waals surface area contributed by atoms with Crippen molar-refractivity contribution >= 4 is 5.91 Å². The quantitative estimate of drug-likeness (QED) is 0.768. The molecule has 2 atom stereocenters. The summed E-state index contributed by atoms with van der Waals surface area (Å²) >= 11 is 0. The third-order valence-electron chi connectivity index (χ3n) is 4.25. The first-order chi connectivity index (χ1) is 12.5. The van der Waals surface area contributed by atoms with Crippen molar-refractivity contribution in [2.24, 2.45) is 0 Å². The van der Waals surface area contributed by atoms with E-state index in [-0.39, 0.29) is 24.7 Å². The van der Waals surface area contributed by atoms with Gasteiger partial charge in [-0.2, -0.15) is 0 Å². The van der Waals surface area contributed by atoms with Crippen LogP contribution in [0.1, 0.15) is 31.2 Å². The Kier molecular flexibility index (Phi) is 6.00. The Morgan fingerprint density at radius 1 is 1.31 bits per heavy atom. The van der Waals surface area contributed by atoms with Crippen LogP contribution in [0.2, 0.25) is 0 Å². The van der Waals surface area contributed by atoms with E-state index in [4.69, 9.17) is 9.15 Å². The Labute approximate surface area is 152 Å². The van der Waals surface area contributed by atoms with Crippen molar-refractivity contribution < 1.29 is 13.9 Å². The second-order valence-corrected chi connectivity index (χ2v) is 6.82. The molecule has 1 N–H and O–H groups in total. The van der Waals surface area contributed by atoms with Gasteiger partial charge in [-0.25, -0.2) is 4.68 Å². The molecule has 1 aliphatic heterocycles. The van der Waals surface area contributed by atoms with Crippen LogP contribution in [0.15, 0.2) is 16.5 Å². The summed E-state index contributed by atoms with van der Waals surface area (Å²) in [5.74, 6) is 2.30. The van der Waals surface area contributed by atoms with Gasteiger partial charge in [-0.3, -0.25) is 9.69 Å². The van der Waals surface area contributed by atoms with Crippen molar-refractivity contribution in [2.75, 3.05) is 19.6 Å². The number of carbonyl (C=O) groups is 1. The Morgan fingerprint density at radius 3 is 2.77 bits per heavy atom. The van der Waals surface area contributed by atoms with Crippen LogP contribution >= 0.6 is 0 Å². The first-order valence-electron chi connectivity index (χ1n) is 8.94. The summed E-state index contributed by atoms with van der Waals surface area (Å²) in [5.41, 5.74) is 0. The number of ether oxygens (including phenoxy) is 1. The highest BCUT2D eigenvalue weighted by Gasteiger charge is 2.24. The number of nitrogens with one attached hydrogen (secondary N) is 1. The number of nitrogens with zero attached hydrogens (tertiary/aromatic N) is 5. The van der Waals surface area contributed by atoms with Crippen molar-refractivity contribution in [1.29, 1.82) is 0 Å². The smallest absolute Gasteiger partial charge is 0.241 e. The largest absolute Gasteiger partial charge is 0.466 e. The van der Waals surface area contributed by atoms with E-state index in [0.29, 0.717) is 25.3 Å². The second-order valence-electron chi connectivity index (χ2n) is 6.82. The Morgan fingerprint density at radius 2 is 2.08 bits per heavy atom. The van der Waals surface area contributed by atoms with Crippen molar-refractivity contribution in [3.8, 4) is 0 Å². The molecule has 0 radical (unpaired) electrons. The van der Waals surface area contributed by atoms with Gasteiger partial charge in [0, 0.05) is 26.1 Å². The molecule has 26 heavy (non-hydrogen) atoms. The summed E-state index contributed by atoms with van der Waals surface area (Å²) in [6.45, 7) is 8.88. The topological polar surface area (TPSA) is 98.3 Å². The number of tetrazole rings is 1. The second kappa shape index (κ2) is 8.41. The van der Waals surface area contributed by atoms with Crippen molar-refractivity contribution in [2.45, 2.75) is 52.5 Å². The molecule has 2 aromatic heterocycles. The lowest BCUT2D eigenvalue weighted by molar-refractivity contribution is -0.121. The van der Waals surface area contributed by atoms with Gasteiger partial charge in [-0.1, -0.05) is 0 Å². The van der Waals surface area contributed by atoms with E-state index >= 15 is 0 Å². The van der Waals surface area contributed by atoms with Gasteiger partial charge < -0.3 is 14.5 Å². The van der Waals surface area contributed by atoms with Gasteiger partial charge in [0.25, 0.3) is 0 Å². The average Bonchev–Trinajstić information content (AvgIpc) is 3.16. The van der Waals surface area contributed by atoms with Crippen molar-refractivity contribution in [1.82, 2.24) is 30.4 Å². The molecular formula is C17H26N6O3. The molecule has 1 aliphatic rings. The number of furan rings is 1. The highest BCUT2D eigenvalue weighted by atomic mass is 16.5. The molecule has 3 rings (SSSR count). The van der Waals surface area contributed by atoms with Gasteiger partial charge in [-0.15, -0.1) is 5.10 Å². The molecule has 9 heteroatoms. The Hall–Kier alpha value is -2.26. The maximum Gasteiger partial charge on any atom is 0.241 e. The lowest BCUT2D eigenvalue weighted by atomic mass is 10.2. The van der Waals surface area contributed by atoms with Gasteiger partial charge in [-0.05, 0) is 43.3 Å². The van der Waals surface area contributed by atoms with E-state index < -0.39 is 0 Å². The van der Waals surface area contributed by atoms with Crippen LogP contribution in [0, 0.1) is 6.92 Å². The molecular weight excluding hydrogens is 336 g/mol. The summed E-state index contributed by atoms with van der Waals surface area (Å²) in [5, 5.41) is 14.6. The molecule has 0 spiro atoms. The fraction of sp³-hybridized carbons (Fsp3) is 0.647. The van der Waals surface area contributed by atoms with Crippen LogP contribution in [-0.2, 0) is 29.0 Å². The van der Waals surface area contributed by atoms with E-state index in [1.807, 2.05) is 19.1 Å². The first kappa shape index (κ1) is 18.5. The number of carbonyl (C=O) groups excluding carboxylic acids is 1. The van der Waals surface area contributed by atoms with Gasteiger partial charge in [0.05, 0.1) is 18.8 Å². The third kappa shape index (κ3) is 5.12. The van der Waals surface area contributed by atoms with E-state index in [1.165, 1.54) is 0 Å². The molecule has 0 aliphatic carbocycles. The summed E-state index contributed by atoms with van der Waals surface area (Å²) < 4.78 is 12.8. The van der Waals surface area contributed by atoms with E-state index in [2.05, 4.69) is 39.6 Å². The molecule has 1 fully saturated rings. The number of aryl methyl sites for hydroxylation is 1. The standard InChI is InChI=1S/C17H26N6O3/c1-12-4-5-15(26-12)6-7-18-17(24)11-23-16(19-20-21-23)10-22-8-13(2)25-14(3)9-22/h4-5,13-14H,6-11H2,1-3H3,(H,18,24)/t13-,14+. The maximum atomic E-state index is 12.2. The van der Waals surface area contributed by atoms with Crippen LogP contribution in [0.25, 0.3) is 0 Å². The van der Waals surface area contributed by atoms with Crippen molar-refractivity contribution in [3.63, 3.8) is 0 Å². The zero-order valence-electron chi connectivity index (χ0n) is 15.5. The maximum absolute atomic E-state index is 12.2. The molecule has 0 saturated carbocycles. The minimum Gasteiger partial charge on any atom is -0.466 e. The van der Waals surface area contributed by atoms with E-state index in [1.54, 1.807) is 4.68 Å².